The van der Waals surface area contributed by atoms with E-state index in [-0.39, 0.29) is 17.6 Å². The minimum absolute atomic E-state index is 0.00749. The molecule has 0 saturated heterocycles. The van der Waals surface area contributed by atoms with Gasteiger partial charge in [-0.25, -0.2) is 4.79 Å². The maximum Gasteiger partial charge on any atom is 0.410 e. The van der Waals surface area contributed by atoms with Crippen molar-refractivity contribution >= 4 is 6.09 Å². The first kappa shape index (κ1) is 35.7. The molecule has 0 radical (unpaired) electrons. The summed E-state index contributed by atoms with van der Waals surface area (Å²) in [6.07, 6.45) is 20.6. The summed E-state index contributed by atoms with van der Waals surface area (Å²) in [6, 6.07) is 0. The van der Waals surface area contributed by atoms with Gasteiger partial charge < -0.3 is 26.4 Å². The van der Waals surface area contributed by atoms with Crippen molar-refractivity contribution in [3.05, 3.63) is 11.6 Å². The maximum atomic E-state index is 13.3. The first-order valence-corrected chi connectivity index (χ1v) is 18.9. The number of allylic oxidation sites excluding steroid dienone is 1. The van der Waals surface area contributed by atoms with Crippen molar-refractivity contribution in [3.63, 3.8) is 0 Å². The van der Waals surface area contributed by atoms with Crippen LogP contribution in [0.3, 0.4) is 0 Å². The number of amides is 1. The summed E-state index contributed by atoms with van der Waals surface area (Å²) in [5, 5.41) is 3.44. The number of nitrogens with two attached hydrogens (primary N) is 2. The van der Waals surface area contributed by atoms with Crippen LogP contribution in [0.5, 0.6) is 0 Å². The molecule has 3 unspecified atom stereocenters. The summed E-state index contributed by atoms with van der Waals surface area (Å²) in [5.41, 5.74) is 13.8. The largest absolute Gasteiger partial charge is 0.446 e. The summed E-state index contributed by atoms with van der Waals surface area (Å²) < 4.78 is 6.24. The molecule has 6 nitrogen and oxygen atoms in total. The summed E-state index contributed by atoms with van der Waals surface area (Å²) >= 11 is 0. The summed E-state index contributed by atoms with van der Waals surface area (Å²) in [5.74, 6) is 5.11. The summed E-state index contributed by atoms with van der Waals surface area (Å²) in [6.45, 7) is 17.3. The van der Waals surface area contributed by atoms with Gasteiger partial charge >= 0.3 is 6.09 Å². The smallest absolute Gasteiger partial charge is 0.410 e. The number of nitrogens with one attached hydrogen (secondary N) is 1. The second-order valence-corrected chi connectivity index (χ2v) is 16.3. The van der Waals surface area contributed by atoms with E-state index < -0.39 is 0 Å². The van der Waals surface area contributed by atoms with Gasteiger partial charge in [0.15, 0.2) is 0 Å². The Morgan fingerprint density at radius 3 is 2.43 bits per heavy atom. The minimum Gasteiger partial charge on any atom is -0.446 e. The Bertz CT molecular complexity index is 923. The van der Waals surface area contributed by atoms with Gasteiger partial charge in [0.1, 0.15) is 6.10 Å². The summed E-state index contributed by atoms with van der Waals surface area (Å²) in [7, 11) is 0. The number of nitrogens with zero attached hydrogens (tertiary/aromatic N) is 1. The zero-order valence-corrected chi connectivity index (χ0v) is 29.4. The van der Waals surface area contributed by atoms with Crippen LogP contribution in [-0.2, 0) is 4.74 Å². The van der Waals surface area contributed by atoms with Gasteiger partial charge in [-0.3, -0.25) is 0 Å². The van der Waals surface area contributed by atoms with Gasteiger partial charge in [-0.15, -0.1) is 0 Å². The van der Waals surface area contributed by atoms with Crippen LogP contribution in [0, 0.1) is 46.3 Å². The molecule has 3 fully saturated rings. The molecule has 0 spiro atoms. The molecular formula is C38H70N4O2. The third-order valence-electron chi connectivity index (χ3n) is 13.0. The molecule has 254 valence electrons. The van der Waals surface area contributed by atoms with Crippen LogP contribution in [0.15, 0.2) is 11.6 Å². The van der Waals surface area contributed by atoms with Crippen LogP contribution in [0.2, 0.25) is 0 Å². The monoisotopic (exact) mass is 615 g/mol. The average molecular weight is 615 g/mol. The molecular weight excluding hydrogens is 544 g/mol. The molecule has 5 N–H and O–H groups in total. The Balaban J connectivity index is 1.32. The highest BCUT2D eigenvalue weighted by Gasteiger charge is 2.59. The van der Waals surface area contributed by atoms with Gasteiger partial charge in [-0.2, -0.15) is 0 Å². The molecule has 0 aromatic rings. The predicted octanol–water partition coefficient (Wildman–Crippen LogP) is 7.90. The maximum absolute atomic E-state index is 13.3. The number of fused-ring (bicyclic) bond motifs is 5. The van der Waals surface area contributed by atoms with Crippen LogP contribution in [0.25, 0.3) is 0 Å². The van der Waals surface area contributed by atoms with E-state index >= 15 is 0 Å². The fourth-order valence-corrected chi connectivity index (χ4v) is 10.5. The molecule has 1 amide bonds. The van der Waals surface area contributed by atoms with E-state index in [2.05, 4.69) is 46.0 Å². The van der Waals surface area contributed by atoms with Crippen molar-refractivity contribution in [2.45, 2.75) is 137 Å². The molecule has 4 rings (SSSR count). The topological polar surface area (TPSA) is 93.6 Å². The van der Waals surface area contributed by atoms with E-state index in [1.54, 1.807) is 5.57 Å². The molecule has 0 bridgehead atoms. The van der Waals surface area contributed by atoms with Crippen molar-refractivity contribution in [1.82, 2.24) is 10.2 Å². The van der Waals surface area contributed by atoms with E-state index in [1.807, 2.05) is 4.90 Å². The number of unbranched alkanes of at least 4 members (excludes halogenated alkanes) is 1. The number of hydrogen-bond acceptors (Lipinski definition) is 5. The van der Waals surface area contributed by atoms with Crippen molar-refractivity contribution in [3.8, 4) is 0 Å². The van der Waals surface area contributed by atoms with E-state index in [4.69, 9.17) is 16.2 Å². The Kier molecular flexibility index (Phi) is 13.5. The quantitative estimate of drug-likeness (QED) is 0.114. The number of carbonyl (C=O) groups is 1. The van der Waals surface area contributed by atoms with Gasteiger partial charge in [0, 0.05) is 19.5 Å². The van der Waals surface area contributed by atoms with Crippen LogP contribution in [0.1, 0.15) is 131 Å². The van der Waals surface area contributed by atoms with Crippen LogP contribution in [0.4, 0.5) is 4.79 Å². The van der Waals surface area contributed by atoms with Crippen LogP contribution >= 0.6 is 0 Å². The molecule has 3 saturated carbocycles. The van der Waals surface area contributed by atoms with Crippen LogP contribution < -0.4 is 16.8 Å². The standard InChI is InChI=1S/C38H70N4O2/c1-28(2)11-8-12-29(3)33-15-16-34-32-14-13-30-27-31(17-19-37(30,4)35(32)18-20-38(33,34)5)44-36(43)42(26-10-22-40)25-7-6-23-41-24-9-21-39/h13,28-29,31-35,41H,6-12,14-27,39-40H2,1-5H3/t29-,31?,32?,33-,34+,35+,37+,38?/m1/s1. The lowest BCUT2D eigenvalue weighted by Gasteiger charge is -2.58. The Labute approximate surface area is 271 Å². The normalized spacial score (nSPS) is 33.7. The molecule has 0 aromatic carbocycles. The van der Waals surface area contributed by atoms with E-state index in [0.717, 1.165) is 107 Å². The van der Waals surface area contributed by atoms with E-state index in [0.29, 0.717) is 18.5 Å². The fraction of sp³-hybridized carbons (Fsp3) is 0.921. The first-order valence-electron chi connectivity index (χ1n) is 18.9. The van der Waals surface area contributed by atoms with Crippen LogP contribution in [-0.4, -0.2) is 56.4 Å². The van der Waals surface area contributed by atoms with Gasteiger partial charge in [-0.05, 0) is 143 Å². The van der Waals surface area contributed by atoms with E-state index in [9.17, 15) is 4.79 Å². The lowest BCUT2D eigenvalue weighted by atomic mass is 9.47. The molecule has 0 aromatic heterocycles. The van der Waals surface area contributed by atoms with Gasteiger partial charge in [0.05, 0.1) is 0 Å². The van der Waals surface area contributed by atoms with Crippen molar-refractivity contribution < 1.29 is 9.53 Å². The second-order valence-electron chi connectivity index (χ2n) is 16.3. The minimum atomic E-state index is -0.134. The number of ether oxygens (including phenoxy) is 1. The number of carbonyl (C=O) groups excluding carboxylic acids is 1. The lowest BCUT2D eigenvalue weighted by Crippen LogP contribution is -2.51. The van der Waals surface area contributed by atoms with Crippen molar-refractivity contribution in [2.24, 2.45) is 57.8 Å². The zero-order valence-electron chi connectivity index (χ0n) is 29.4. The number of rotatable bonds is 17. The highest BCUT2D eigenvalue weighted by atomic mass is 16.6. The Morgan fingerprint density at radius 1 is 0.932 bits per heavy atom. The molecule has 4 aliphatic rings. The third-order valence-corrected chi connectivity index (χ3v) is 13.0. The molecule has 8 atom stereocenters. The van der Waals surface area contributed by atoms with Gasteiger partial charge in [0.25, 0.3) is 0 Å². The summed E-state index contributed by atoms with van der Waals surface area (Å²) in [4.78, 5) is 15.3. The van der Waals surface area contributed by atoms with Gasteiger partial charge in [-0.1, -0.05) is 65.5 Å². The average Bonchev–Trinajstić information content (AvgIpc) is 3.35. The SMILES string of the molecule is CC(C)CCC[C@@H](C)[C@H]1CC[C@H]2C3CC=C4CC(OC(=O)N(CCCN)CCCCNCCCN)CC[C@]4(C)[C@H]3CCC12C. The van der Waals surface area contributed by atoms with Gasteiger partial charge in [0.2, 0.25) is 0 Å². The molecule has 44 heavy (non-hydrogen) atoms. The second kappa shape index (κ2) is 16.6. The zero-order chi connectivity index (χ0) is 31.7. The molecule has 6 heteroatoms. The molecule has 4 aliphatic carbocycles. The number of hydrogen-bond donors (Lipinski definition) is 3. The fourth-order valence-electron chi connectivity index (χ4n) is 10.5. The molecule has 0 heterocycles. The lowest BCUT2D eigenvalue weighted by molar-refractivity contribution is -0.0593. The first-order chi connectivity index (χ1) is 21.1. The third kappa shape index (κ3) is 8.42. The Morgan fingerprint density at radius 2 is 1.68 bits per heavy atom. The Hall–Kier alpha value is -1.11. The molecule has 0 aliphatic heterocycles. The van der Waals surface area contributed by atoms with Crippen molar-refractivity contribution in [1.29, 1.82) is 0 Å². The van der Waals surface area contributed by atoms with E-state index in [1.165, 1.54) is 51.4 Å². The highest BCUT2D eigenvalue weighted by Crippen LogP contribution is 2.67. The van der Waals surface area contributed by atoms with Crippen molar-refractivity contribution in [2.75, 3.05) is 39.3 Å². The predicted molar refractivity (Wildman–Crippen MR) is 184 cm³/mol. The highest BCUT2D eigenvalue weighted by molar-refractivity contribution is 5.67.